The molecule has 0 saturated heterocycles. The summed E-state index contributed by atoms with van der Waals surface area (Å²) >= 11 is 0. The average molecular weight is 327 g/mol. The van der Waals surface area contributed by atoms with Crippen LogP contribution in [-0.4, -0.2) is 10.6 Å². The van der Waals surface area contributed by atoms with Crippen LogP contribution in [0.3, 0.4) is 0 Å². The number of nitrogens with two attached hydrogens (primary N) is 2. The predicted octanol–water partition coefficient (Wildman–Crippen LogP) is 3.35. The molecule has 1 aliphatic heterocycles. The summed E-state index contributed by atoms with van der Waals surface area (Å²) in [6.45, 7) is 0.213. The smallest absolute Gasteiger partial charge is 0.165 e. The fourth-order valence-electron chi connectivity index (χ4n) is 2.86. The van der Waals surface area contributed by atoms with Crippen LogP contribution in [0.5, 0.6) is 0 Å². The minimum atomic E-state index is -1.53. The van der Waals surface area contributed by atoms with Crippen molar-refractivity contribution in [2.45, 2.75) is 18.6 Å². The van der Waals surface area contributed by atoms with E-state index in [1.54, 1.807) is 0 Å². The molecule has 0 aliphatic carbocycles. The van der Waals surface area contributed by atoms with E-state index < -0.39 is 17.3 Å². The van der Waals surface area contributed by atoms with E-state index in [0.717, 1.165) is 17.2 Å². The van der Waals surface area contributed by atoms with Gasteiger partial charge in [0.15, 0.2) is 5.83 Å². The van der Waals surface area contributed by atoms with Crippen molar-refractivity contribution >= 4 is 0 Å². The molecular formula is C19H19F2N3. The third kappa shape index (κ3) is 3.03. The van der Waals surface area contributed by atoms with Crippen LogP contribution in [0.25, 0.3) is 0 Å². The van der Waals surface area contributed by atoms with Crippen molar-refractivity contribution in [3.05, 3.63) is 95.3 Å². The van der Waals surface area contributed by atoms with Gasteiger partial charge in [-0.2, -0.15) is 0 Å². The summed E-state index contributed by atoms with van der Waals surface area (Å²) in [7, 11) is 0. The summed E-state index contributed by atoms with van der Waals surface area (Å²) in [5.41, 5.74) is 12.5. The van der Waals surface area contributed by atoms with E-state index >= 15 is 0 Å². The normalized spacial score (nSPS) is 21.0. The van der Waals surface area contributed by atoms with Crippen LogP contribution in [0.2, 0.25) is 0 Å². The number of hydrogen-bond acceptors (Lipinski definition) is 3. The average Bonchev–Trinajstić information content (AvgIpc) is 2.59. The molecule has 1 aliphatic rings. The topological polar surface area (TPSA) is 55.3 Å². The molecule has 0 aromatic heterocycles. The number of allylic oxidation sites excluding steroid dienone is 2. The van der Waals surface area contributed by atoms with Crippen molar-refractivity contribution in [3.8, 4) is 0 Å². The molecule has 0 amide bonds. The van der Waals surface area contributed by atoms with E-state index in [-0.39, 0.29) is 18.8 Å². The SMILES string of the molecule is NC1=C(F)C=C(F)C(N)(Cc2ccccc2)N1Cc1ccccc1. The summed E-state index contributed by atoms with van der Waals surface area (Å²) in [6.07, 6.45) is 0.955. The molecule has 1 atom stereocenters. The Kier molecular flexibility index (Phi) is 4.36. The van der Waals surface area contributed by atoms with Gasteiger partial charge in [-0.3, -0.25) is 0 Å². The van der Waals surface area contributed by atoms with Crippen molar-refractivity contribution < 1.29 is 8.78 Å². The molecule has 2 aromatic carbocycles. The lowest BCUT2D eigenvalue weighted by molar-refractivity contribution is 0.121. The van der Waals surface area contributed by atoms with Gasteiger partial charge in [-0.05, 0) is 11.1 Å². The summed E-state index contributed by atoms with van der Waals surface area (Å²) in [5, 5.41) is 0. The third-order valence-corrected chi connectivity index (χ3v) is 4.18. The molecule has 1 unspecified atom stereocenters. The number of hydrogen-bond donors (Lipinski definition) is 2. The lowest BCUT2D eigenvalue weighted by atomic mass is 9.94. The quantitative estimate of drug-likeness (QED) is 0.905. The van der Waals surface area contributed by atoms with Crippen LogP contribution >= 0.6 is 0 Å². The van der Waals surface area contributed by atoms with Crippen molar-refractivity contribution in [1.82, 2.24) is 4.90 Å². The summed E-state index contributed by atoms with van der Waals surface area (Å²) in [5.74, 6) is -1.70. The van der Waals surface area contributed by atoms with Gasteiger partial charge in [0, 0.05) is 19.0 Å². The van der Waals surface area contributed by atoms with Crippen LogP contribution < -0.4 is 11.5 Å². The van der Waals surface area contributed by atoms with E-state index in [1.807, 2.05) is 60.7 Å². The zero-order chi connectivity index (χ0) is 17.2. The second-order valence-electron chi connectivity index (χ2n) is 5.88. The Hall–Kier alpha value is -2.66. The van der Waals surface area contributed by atoms with Crippen LogP contribution in [0.1, 0.15) is 11.1 Å². The molecule has 0 fully saturated rings. The minimum absolute atomic E-state index is 0.154. The van der Waals surface area contributed by atoms with Crippen LogP contribution in [-0.2, 0) is 13.0 Å². The highest BCUT2D eigenvalue weighted by atomic mass is 19.1. The van der Waals surface area contributed by atoms with Gasteiger partial charge < -0.3 is 16.4 Å². The van der Waals surface area contributed by atoms with Crippen LogP contribution in [0.15, 0.2) is 84.2 Å². The number of benzene rings is 2. The Morgan fingerprint density at radius 1 is 0.875 bits per heavy atom. The molecular weight excluding hydrogens is 308 g/mol. The standard InChI is InChI=1S/C19H19F2N3/c20-16-11-17(21)19(23,12-14-7-3-1-4-8-14)24(18(16)22)13-15-9-5-2-6-10-15/h1-11H,12-13,22-23H2. The van der Waals surface area contributed by atoms with Crippen LogP contribution in [0.4, 0.5) is 8.78 Å². The Bertz CT molecular complexity index is 772. The lowest BCUT2D eigenvalue weighted by Crippen LogP contribution is -2.60. The molecule has 5 heteroatoms. The van der Waals surface area contributed by atoms with E-state index in [2.05, 4.69) is 0 Å². The zero-order valence-electron chi connectivity index (χ0n) is 13.1. The fourth-order valence-corrected chi connectivity index (χ4v) is 2.86. The summed E-state index contributed by atoms with van der Waals surface area (Å²) in [6, 6.07) is 18.6. The lowest BCUT2D eigenvalue weighted by Gasteiger charge is -2.43. The first-order chi connectivity index (χ1) is 11.5. The first kappa shape index (κ1) is 16.2. The maximum absolute atomic E-state index is 14.7. The highest BCUT2D eigenvalue weighted by Gasteiger charge is 2.42. The number of nitrogens with zero attached hydrogens (tertiary/aromatic N) is 1. The van der Waals surface area contributed by atoms with E-state index in [0.29, 0.717) is 0 Å². The first-order valence-electron chi connectivity index (χ1n) is 7.68. The maximum Gasteiger partial charge on any atom is 0.165 e. The molecule has 0 bridgehead atoms. The van der Waals surface area contributed by atoms with Gasteiger partial charge in [0.2, 0.25) is 0 Å². The van der Waals surface area contributed by atoms with Crippen molar-refractivity contribution in [1.29, 1.82) is 0 Å². The van der Waals surface area contributed by atoms with Gasteiger partial charge in [0.1, 0.15) is 17.3 Å². The van der Waals surface area contributed by atoms with Gasteiger partial charge in [-0.25, -0.2) is 8.78 Å². The molecule has 0 radical (unpaired) electrons. The Labute approximate surface area is 139 Å². The Balaban J connectivity index is 1.98. The molecule has 2 aromatic rings. The van der Waals surface area contributed by atoms with Gasteiger partial charge >= 0.3 is 0 Å². The number of halogens is 2. The van der Waals surface area contributed by atoms with Gasteiger partial charge in [-0.1, -0.05) is 60.7 Å². The third-order valence-electron chi connectivity index (χ3n) is 4.18. The maximum atomic E-state index is 14.7. The van der Waals surface area contributed by atoms with E-state index in [1.165, 1.54) is 4.90 Å². The monoisotopic (exact) mass is 327 g/mol. The van der Waals surface area contributed by atoms with Gasteiger partial charge in [0.05, 0.1) is 0 Å². The first-order valence-corrected chi connectivity index (χ1v) is 7.68. The van der Waals surface area contributed by atoms with Gasteiger partial charge in [0.25, 0.3) is 0 Å². The fraction of sp³-hybridized carbons (Fsp3) is 0.158. The summed E-state index contributed by atoms with van der Waals surface area (Å²) in [4.78, 5) is 1.39. The Morgan fingerprint density at radius 2 is 1.42 bits per heavy atom. The number of rotatable bonds is 4. The molecule has 24 heavy (non-hydrogen) atoms. The minimum Gasteiger partial charge on any atom is -0.383 e. The predicted molar refractivity (Wildman–Crippen MR) is 90.6 cm³/mol. The van der Waals surface area contributed by atoms with Crippen LogP contribution in [0, 0.1) is 0 Å². The van der Waals surface area contributed by atoms with E-state index in [9.17, 15) is 8.78 Å². The largest absolute Gasteiger partial charge is 0.383 e. The zero-order valence-corrected chi connectivity index (χ0v) is 13.1. The summed E-state index contributed by atoms with van der Waals surface area (Å²) < 4.78 is 28.7. The molecule has 0 spiro atoms. The van der Waals surface area contributed by atoms with E-state index in [4.69, 9.17) is 11.5 Å². The second kappa shape index (κ2) is 6.45. The highest BCUT2D eigenvalue weighted by molar-refractivity contribution is 5.35. The molecule has 1 heterocycles. The molecule has 3 rings (SSSR count). The van der Waals surface area contributed by atoms with Gasteiger partial charge in [-0.15, -0.1) is 0 Å². The molecule has 4 N–H and O–H groups in total. The molecule has 0 saturated carbocycles. The van der Waals surface area contributed by atoms with Crippen molar-refractivity contribution in [2.75, 3.05) is 0 Å². The van der Waals surface area contributed by atoms with Crippen molar-refractivity contribution in [2.24, 2.45) is 11.5 Å². The molecule has 3 nitrogen and oxygen atoms in total. The highest BCUT2D eigenvalue weighted by Crippen LogP contribution is 2.35. The second-order valence-corrected chi connectivity index (χ2v) is 5.88. The Morgan fingerprint density at radius 3 is 2.00 bits per heavy atom. The molecule has 124 valence electrons. The van der Waals surface area contributed by atoms with Crippen molar-refractivity contribution in [3.63, 3.8) is 0 Å².